The van der Waals surface area contributed by atoms with Crippen LogP contribution >= 0.6 is 23.2 Å². The van der Waals surface area contributed by atoms with Gasteiger partial charge in [0.2, 0.25) is 0 Å². The summed E-state index contributed by atoms with van der Waals surface area (Å²) in [6.45, 7) is 9.52. The van der Waals surface area contributed by atoms with Crippen molar-refractivity contribution in [3.8, 4) is 0 Å². The number of ether oxygens (including phenoxy) is 1. The Kier molecular flexibility index (Phi) is 7.08. The average molecular weight is 433 g/mol. The number of hydrogen-bond donors (Lipinski definition) is 2. The summed E-state index contributed by atoms with van der Waals surface area (Å²) >= 11 is 12.1. The van der Waals surface area contributed by atoms with Gasteiger partial charge in [-0.05, 0) is 26.0 Å². The van der Waals surface area contributed by atoms with Crippen molar-refractivity contribution in [1.82, 2.24) is 9.97 Å². The summed E-state index contributed by atoms with van der Waals surface area (Å²) in [7, 11) is -1.31. The van der Waals surface area contributed by atoms with Crippen LogP contribution in [0.2, 0.25) is 10.0 Å². The number of anilines is 1. The lowest BCUT2D eigenvalue weighted by Crippen LogP contribution is -2.39. The summed E-state index contributed by atoms with van der Waals surface area (Å²) in [4.78, 5) is 9.01. The van der Waals surface area contributed by atoms with E-state index in [0.717, 1.165) is 0 Å². The van der Waals surface area contributed by atoms with Crippen molar-refractivity contribution in [2.45, 2.75) is 38.3 Å². The van der Waals surface area contributed by atoms with Crippen LogP contribution in [0, 0.1) is 5.41 Å². The summed E-state index contributed by atoms with van der Waals surface area (Å²) < 4.78 is 17.9. The average Bonchev–Trinajstić information content (AvgIpc) is 2.52. The number of aromatic nitrogens is 2. The largest absolute Gasteiger partial charge is 0.379 e. The summed E-state index contributed by atoms with van der Waals surface area (Å²) in [5, 5.41) is 4.41. The first-order chi connectivity index (χ1) is 12.4. The van der Waals surface area contributed by atoms with E-state index in [1.165, 1.54) is 0 Å². The third-order valence-electron chi connectivity index (χ3n) is 3.65. The van der Waals surface area contributed by atoms with Crippen LogP contribution in [0.3, 0.4) is 0 Å². The van der Waals surface area contributed by atoms with Gasteiger partial charge in [0, 0.05) is 23.8 Å². The van der Waals surface area contributed by atoms with E-state index in [-0.39, 0.29) is 11.0 Å². The SMILES string of the molecule is CS(=O)c1nc2cc(Cl)c(Cl)cc2nc1NCC(C)(C)COCC(C)(C)N. The minimum Gasteiger partial charge on any atom is -0.379 e. The smallest absolute Gasteiger partial charge is 0.169 e. The summed E-state index contributed by atoms with van der Waals surface area (Å²) in [5.74, 6) is 0.467. The summed E-state index contributed by atoms with van der Waals surface area (Å²) in [6, 6.07) is 3.27. The molecule has 1 atom stereocenters. The number of halogens is 2. The molecular formula is C18H26Cl2N4O2S. The molecule has 0 amide bonds. The van der Waals surface area contributed by atoms with Crippen LogP contribution in [-0.2, 0) is 15.5 Å². The standard InChI is InChI=1S/C18H26Cl2N4O2S/c1-17(2,9-26-10-18(3,4)21)8-22-15-16(27(5)25)24-14-7-12(20)11(19)6-13(14)23-15/h6-7H,8-10,21H2,1-5H3,(H,22,23). The van der Waals surface area contributed by atoms with Gasteiger partial charge in [-0.2, -0.15) is 0 Å². The van der Waals surface area contributed by atoms with Crippen molar-refractivity contribution >= 4 is 50.9 Å². The monoisotopic (exact) mass is 432 g/mol. The maximum atomic E-state index is 12.1. The highest BCUT2D eigenvalue weighted by molar-refractivity contribution is 7.84. The Morgan fingerprint density at radius 1 is 1.11 bits per heavy atom. The van der Waals surface area contributed by atoms with Crippen molar-refractivity contribution in [2.75, 3.05) is 31.3 Å². The fourth-order valence-electron chi connectivity index (χ4n) is 2.32. The minimum absolute atomic E-state index is 0.188. The van der Waals surface area contributed by atoms with Gasteiger partial charge >= 0.3 is 0 Å². The molecule has 27 heavy (non-hydrogen) atoms. The number of nitrogens with two attached hydrogens (primary N) is 1. The molecule has 9 heteroatoms. The molecular weight excluding hydrogens is 407 g/mol. The molecule has 6 nitrogen and oxygen atoms in total. The molecule has 2 aromatic rings. The van der Waals surface area contributed by atoms with E-state index in [4.69, 9.17) is 33.7 Å². The molecule has 0 aliphatic rings. The van der Waals surface area contributed by atoms with Crippen molar-refractivity contribution in [2.24, 2.45) is 11.1 Å². The lowest BCUT2D eigenvalue weighted by atomic mass is 9.95. The van der Waals surface area contributed by atoms with Crippen LogP contribution < -0.4 is 11.1 Å². The zero-order valence-corrected chi connectivity index (χ0v) is 18.6. The normalized spacial score (nSPS) is 13.8. The fourth-order valence-corrected chi connectivity index (χ4v) is 3.25. The second kappa shape index (κ2) is 8.57. The third-order valence-corrected chi connectivity index (χ3v) is 5.20. The van der Waals surface area contributed by atoms with Gasteiger partial charge in [-0.3, -0.25) is 4.21 Å². The Labute approximate surface area is 172 Å². The van der Waals surface area contributed by atoms with Crippen molar-refractivity contribution in [3.05, 3.63) is 22.2 Å². The molecule has 1 unspecified atom stereocenters. The predicted octanol–water partition coefficient (Wildman–Crippen LogP) is 3.87. The van der Waals surface area contributed by atoms with Gasteiger partial charge in [0.15, 0.2) is 10.8 Å². The zero-order chi connectivity index (χ0) is 20.4. The third kappa shape index (κ3) is 6.54. The van der Waals surface area contributed by atoms with Gasteiger partial charge in [-0.1, -0.05) is 37.0 Å². The van der Waals surface area contributed by atoms with Crippen LogP contribution in [0.4, 0.5) is 5.82 Å². The number of rotatable bonds is 8. The highest BCUT2D eigenvalue weighted by Gasteiger charge is 2.22. The Morgan fingerprint density at radius 2 is 1.67 bits per heavy atom. The van der Waals surface area contributed by atoms with Crippen molar-refractivity contribution in [1.29, 1.82) is 0 Å². The van der Waals surface area contributed by atoms with Crippen LogP contribution in [0.25, 0.3) is 11.0 Å². The molecule has 1 aromatic carbocycles. The first-order valence-corrected chi connectivity index (χ1v) is 10.8. The Hall–Kier alpha value is -0.990. The van der Waals surface area contributed by atoms with Crippen LogP contribution in [0.15, 0.2) is 17.2 Å². The molecule has 0 aliphatic carbocycles. The van der Waals surface area contributed by atoms with E-state index in [2.05, 4.69) is 29.1 Å². The fraction of sp³-hybridized carbons (Fsp3) is 0.556. The van der Waals surface area contributed by atoms with Gasteiger partial charge in [-0.25, -0.2) is 9.97 Å². The first-order valence-electron chi connectivity index (χ1n) is 8.49. The molecule has 0 aliphatic heterocycles. The van der Waals surface area contributed by atoms with Gasteiger partial charge in [0.25, 0.3) is 0 Å². The van der Waals surface area contributed by atoms with E-state index in [0.29, 0.717) is 51.7 Å². The lowest BCUT2D eigenvalue weighted by molar-refractivity contribution is 0.0440. The van der Waals surface area contributed by atoms with E-state index in [9.17, 15) is 4.21 Å². The maximum absolute atomic E-state index is 12.1. The first kappa shape index (κ1) is 22.3. The number of hydrogen-bond acceptors (Lipinski definition) is 6. The molecule has 0 fully saturated rings. The number of benzene rings is 1. The highest BCUT2D eigenvalue weighted by atomic mass is 35.5. The Balaban J connectivity index is 2.20. The minimum atomic E-state index is -1.31. The molecule has 1 aromatic heterocycles. The zero-order valence-electron chi connectivity index (χ0n) is 16.2. The lowest BCUT2D eigenvalue weighted by Gasteiger charge is -2.27. The molecule has 0 saturated heterocycles. The summed E-state index contributed by atoms with van der Waals surface area (Å²) in [6.07, 6.45) is 1.57. The molecule has 0 saturated carbocycles. The van der Waals surface area contributed by atoms with E-state index < -0.39 is 10.8 Å². The number of nitrogens with one attached hydrogen (secondary N) is 1. The summed E-state index contributed by atoms with van der Waals surface area (Å²) in [5.41, 5.74) is 6.51. The second-order valence-electron chi connectivity index (χ2n) is 8.09. The van der Waals surface area contributed by atoms with Crippen molar-refractivity contribution in [3.63, 3.8) is 0 Å². The van der Waals surface area contributed by atoms with Gasteiger partial charge in [0.1, 0.15) is 0 Å². The van der Waals surface area contributed by atoms with E-state index >= 15 is 0 Å². The molecule has 150 valence electrons. The van der Waals surface area contributed by atoms with Gasteiger partial charge < -0.3 is 15.8 Å². The Morgan fingerprint density at radius 3 is 2.19 bits per heavy atom. The van der Waals surface area contributed by atoms with Gasteiger partial charge in [-0.15, -0.1) is 0 Å². The quantitative estimate of drug-likeness (QED) is 0.657. The highest BCUT2D eigenvalue weighted by Crippen LogP contribution is 2.29. The molecule has 0 bridgehead atoms. The Bertz CT molecular complexity index is 853. The molecule has 3 N–H and O–H groups in total. The van der Waals surface area contributed by atoms with E-state index in [1.54, 1.807) is 18.4 Å². The molecule has 2 rings (SSSR count). The van der Waals surface area contributed by atoms with Crippen LogP contribution in [0.1, 0.15) is 27.7 Å². The van der Waals surface area contributed by atoms with Crippen LogP contribution in [0.5, 0.6) is 0 Å². The number of fused-ring (bicyclic) bond motifs is 1. The van der Waals surface area contributed by atoms with E-state index in [1.807, 2.05) is 13.8 Å². The maximum Gasteiger partial charge on any atom is 0.169 e. The molecule has 0 spiro atoms. The van der Waals surface area contributed by atoms with Crippen LogP contribution in [-0.4, -0.2) is 45.7 Å². The topological polar surface area (TPSA) is 90.1 Å². The molecule has 1 heterocycles. The number of nitrogens with zero attached hydrogens (tertiary/aromatic N) is 2. The van der Waals surface area contributed by atoms with Gasteiger partial charge in [0.05, 0.1) is 45.1 Å². The second-order valence-corrected chi connectivity index (χ2v) is 10.2. The molecule has 0 radical (unpaired) electrons. The van der Waals surface area contributed by atoms with Crippen molar-refractivity contribution < 1.29 is 8.95 Å². The predicted molar refractivity (Wildman–Crippen MR) is 113 cm³/mol.